The van der Waals surface area contributed by atoms with E-state index in [1.165, 1.54) is 5.57 Å². The van der Waals surface area contributed by atoms with Gasteiger partial charge in [0.1, 0.15) is 5.60 Å². The fraction of sp³-hybridized carbons (Fsp3) is 0.867. The summed E-state index contributed by atoms with van der Waals surface area (Å²) in [6, 6.07) is 0. The fourth-order valence-electron chi connectivity index (χ4n) is 5.03. The third-order valence-electron chi connectivity index (χ3n) is 6.53. The number of hydrogen-bond donors (Lipinski definition) is 2. The van der Waals surface area contributed by atoms with Crippen LogP contribution in [0.5, 0.6) is 0 Å². The second-order valence-electron chi connectivity index (χ2n) is 7.00. The van der Waals surface area contributed by atoms with Crippen molar-refractivity contribution in [2.24, 2.45) is 10.8 Å². The molecule has 0 aromatic heterocycles. The molecule has 2 N–H and O–H groups in total. The van der Waals surface area contributed by atoms with Crippen LogP contribution in [0.4, 0.5) is 0 Å². The molecule has 4 heteroatoms. The second-order valence-corrected chi connectivity index (χ2v) is 7.00. The maximum atomic E-state index is 10.6. The van der Waals surface area contributed by atoms with Gasteiger partial charge in [0.15, 0.2) is 0 Å². The molecule has 19 heavy (non-hydrogen) atoms. The average molecular weight is 266 g/mol. The molecule has 0 aromatic carbocycles. The van der Waals surface area contributed by atoms with Gasteiger partial charge < -0.3 is 19.7 Å². The molecule has 2 aliphatic carbocycles. The topological polar surface area (TPSA) is 62.2 Å². The standard InChI is InChI=1S/C15H22O4/c1-9-3-4-14(7-16)11(5-9)19-12-6-10(17)13(14,2)15(12)8-18-15/h5,10-12,16-17H,3-4,6-8H2,1-2H3/t10-,11?,12-,13-,14-,15+/m1/s1. The zero-order chi connectivity index (χ0) is 13.5. The van der Waals surface area contributed by atoms with Gasteiger partial charge in [-0.3, -0.25) is 0 Å². The molecule has 2 heterocycles. The van der Waals surface area contributed by atoms with Crippen LogP contribution in [0.2, 0.25) is 0 Å². The summed E-state index contributed by atoms with van der Waals surface area (Å²) in [7, 11) is 0. The maximum absolute atomic E-state index is 10.6. The lowest BCUT2D eigenvalue weighted by atomic mass is 9.51. The number of allylic oxidation sites excluding steroid dienone is 1. The first-order valence-corrected chi connectivity index (χ1v) is 7.26. The largest absolute Gasteiger partial charge is 0.396 e. The lowest BCUT2D eigenvalue weighted by Gasteiger charge is -2.58. The van der Waals surface area contributed by atoms with E-state index in [4.69, 9.17) is 9.47 Å². The fourth-order valence-corrected chi connectivity index (χ4v) is 5.03. The van der Waals surface area contributed by atoms with Gasteiger partial charge in [-0.1, -0.05) is 18.6 Å². The highest BCUT2D eigenvalue weighted by Crippen LogP contribution is 2.71. The summed E-state index contributed by atoms with van der Waals surface area (Å²) in [6.07, 6.45) is 4.03. The average Bonchev–Trinajstić information content (AvgIpc) is 3.15. The molecule has 106 valence electrons. The molecular formula is C15H22O4. The molecule has 4 aliphatic rings. The third kappa shape index (κ3) is 1.13. The predicted octanol–water partition coefficient (Wildman–Crippen LogP) is 1.01. The van der Waals surface area contributed by atoms with Crippen LogP contribution in [0.1, 0.15) is 33.1 Å². The smallest absolute Gasteiger partial charge is 0.126 e. The van der Waals surface area contributed by atoms with Gasteiger partial charge in [0.2, 0.25) is 0 Å². The van der Waals surface area contributed by atoms with Gasteiger partial charge >= 0.3 is 0 Å². The summed E-state index contributed by atoms with van der Waals surface area (Å²) in [5.74, 6) is 0. The molecule has 6 atom stereocenters. The highest BCUT2D eigenvalue weighted by molar-refractivity contribution is 5.32. The van der Waals surface area contributed by atoms with Crippen molar-refractivity contribution in [2.75, 3.05) is 13.2 Å². The first-order valence-electron chi connectivity index (χ1n) is 7.26. The van der Waals surface area contributed by atoms with E-state index < -0.39 is 16.9 Å². The van der Waals surface area contributed by atoms with E-state index in [1.54, 1.807) is 0 Å². The van der Waals surface area contributed by atoms with Crippen molar-refractivity contribution < 1.29 is 19.7 Å². The van der Waals surface area contributed by atoms with Crippen molar-refractivity contribution in [3.63, 3.8) is 0 Å². The molecule has 0 aromatic rings. The van der Waals surface area contributed by atoms with E-state index in [1.807, 2.05) is 0 Å². The molecule has 0 radical (unpaired) electrons. The van der Waals surface area contributed by atoms with Gasteiger partial charge in [-0.25, -0.2) is 0 Å². The van der Waals surface area contributed by atoms with E-state index in [0.29, 0.717) is 13.0 Å². The number of fused-ring (bicyclic) bond motifs is 2. The van der Waals surface area contributed by atoms with Crippen LogP contribution in [-0.4, -0.2) is 47.3 Å². The van der Waals surface area contributed by atoms with Crippen molar-refractivity contribution in [3.05, 3.63) is 11.6 Å². The second kappa shape index (κ2) is 3.42. The Hall–Kier alpha value is -0.420. The number of aliphatic hydroxyl groups excluding tert-OH is 2. The molecule has 1 saturated carbocycles. The minimum Gasteiger partial charge on any atom is -0.396 e. The zero-order valence-electron chi connectivity index (χ0n) is 11.6. The van der Waals surface area contributed by atoms with Crippen LogP contribution in [0.15, 0.2) is 11.6 Å². The number of hydrogen-bond acceptors (Lipinski definition) is 4. The number of aliphatic hydroxyl groups is 2. The first kappa shape index (κ1) is 12.3. The lowest BCUT2D eigenvalue weighted by Crippen LogP contribution is -2.66. The van der Waals surface area contributed by atoms with Crippen molar-refractivity contribution in [3.8, 4) is 0 Å². The third-order valence-corrected chi connectivity index (χ3v) is 6.53. The summed E-state index contributed by atoms with van der Waals surface area (Å²) in [6.45, 7) is 4.92. The molecule has 1 unspecified atom stereocenters. The Morgan fingerprint density at radius 2 is 2.21 bits per heavy atom. The normalized spacial score (nSPS) is 58.9. The Kier molecular flexibility index (Phi) is 2.22. The molecule has 4 rings (SSSR count). The minimum atomic E-state index is -0.455. The number of rotatable bonds is 1. The van der Waals surface area contributed by atoms with Crippen molar-refractivity contribution in [1.29, 1.82) is 0 Å². The molecule has 0 amide bonds. The Balaban J connectivity index is 1.89. The zero-order valence-corrected chi connectivity index (χ0v) is 11.6. The minimum absolute atomic E-state index is 0.0284. The van der Waals surface area contributed by atoms with Gasteiger partial charge in [-0.15, -0.1) is 0 Å². The molecule has 3 fully saturated rings. The summed E-state index contributed by atoms with van der Waals surface area (Å²) >= 11 is 0. The number of ether oxygens (including phenoxy) is 2. The van der Waals surface area contributed by atoms with E-state index in [0.717, 1.165) is 12.8 Å². The monoisotopic (exact) mass is 266 g/mol. The van der Waals surface area contributed by atoms with E-state index >= 15 is 0 Å². The summed E-state index contributed by atoms with van der Waals surface area (Å²) < 4.78 is 12.0. The summed E-state index contributed by atoms with van der Waals surface area (Å²) in [4.78, 5) is 0. The molecule has 1 spiro atoms. The van der Waals surface area contributed by atoms with E-state index in [2.05, 4.69) is 19.9 Å². The SMILES string of the molecule is CC1=CC2O[C@@H]3C[C@@H](O)[C@](C)([C@@]2(CO)CC1)[C@]31CO1. The van der Waals surface area contributed by atoms with E-state index in [9.17, 15) is 10.2 Å². The quantitative estimate of drug-likeness (QED) is 0.549. The summed E-state index contributed by atoms with van der Waals surface area (Å²) in [5.41, 5.74) is 0.152. The molecule has 2 bridgehead atoms. The summed E-state index contributed by atoms with van der Waals surface area (Å²) in [5, 5.41) is 20.8. The Bertz CT molecular complexity index is 455. The highest BCUT2D eigenvalue weighted by Gasteiger charge is 2.81. The molecule has 4 nitrogen and oxygen atoms in total. The van der Waals surface area contributed by atoms with Crippen LogP contribution in [0, 0.1) is 10.8 Å². The molecule has 2 aliphatic heterocycles. The van der Waals surface area contributed by atoms with Gasteiger partial charge in [-0.2, -0.15) is 0 Å². The number of epoxide rings is 1. The molecular weight excluding hydrogens is 244 g/mol. The first-order chi connectivity index (χ1) is 9.00. The predicted molar refractivity (Wildman–Crippen MR) is 68.6 cm³/mol. The van der Waals surface area contributed by atoms with Crippen LogP contribution in [0.25, 0.3) is 0 Å². The Morgan fingerprint density at radius 1 is 1.47 bits per heavy atom. The van der Waals surface area contributed by atoms with Crippen molar-refractivity contribution in [2.45, 2.75) is 57.0 Å². The van der Waals surface area contributed by atoms with Gasteiger partial charge in [0, 0.05) is 17.3 Å². The van der Waals surface area contributed by atoms with Crippen molar-refractivity contribution >= 4 is 0 Å². The van der Waals surface area contributed by atoms with Crippen LogP contribution in [-0.2, 0) is 9.47 Å². The van der Waals surface area contributed by atoms with Gasteiger partial charge in [0.25, 0.3) is 0 Å². The van der Waals surface area contributed by atoms with Crippen LogP contribution >= 0.6 is 0 Å². The maximum Gasteiger partial charge on any atom is 0.126 e. The highest BCUT2D eigenvalue weighted by atomic mass is 16.6. The molecule has 2 saturated heterocycles. The van der Waals surface area contributed by atoms with Gasteiger partial charge in [-0.05, 0) is 19.8 Å². The van der Waals surface area contributed by atoms with Gasteiger partial charge in [0.05, 0.1) is 31.5 Å². The Labute approximate surface area is 113 Å². The van der Waals surface area contributed by atoms with E-state index in [-0.39, 0.29) is 24.4 Å². The lowest BCUT2D eigenvalue weighted by molar-refractivity contribution is -0.225. The Morgan fingerprint density at radius 3 is 2.84 bits per heavy atom. The van der Waals surface area contributed by atoms with Crippen molar-refractivity contribution in [1.82, 2.24) is 0 Å². The van der Waals surface area contributed by atoms with Crippen LogP contribution < -0.4 is 0 Å². The van der Waals surface area contributed by atoms with Crippen LogP contribution in [0.3, 0.4) is 0 Å².